The van der Waals surface area contributed by atoms with Gasteiger partial charge in [0.15, 0.2) is 4.34 Å². The molecule has 1 N–H and O–H groups in total. The summed E-state index contributed by atoms with van der Waals surface area (Å²) in [5.74, 6) is 0. The summed E-state index contributed by atoms with van der Waals surface area (Å²) in [5.41, 5.74) is 0. The van der Waals surface area contributed by atoms with E-state index >= 15 is 0 Å². The third-order valence-corrected chi connectivity index (χ3v) is 4.10. The van der Waals surface area contributed by atoms with Crippen molar-refractivity contribution >= 4 is 23.1 Å². The smallest absolute Gasteiger partial charge is 0.174 e. The molecule has 0 aromatic carbocycles. The van der Waals surface area contributed by atoms with Crippen LogP contribution in [0.5, 0.6) is 0 Å². The molecule has 0 spiro atoms. The van der Waals surface area contributed by atoms with E-state index in [1.165, 1.54) is 0 Å². The van der Waals surface area contributed by atoms with Gasteiger partial charge in [0.25, 0.3) is 0 Å². The van der Waals surface area contributed by atoms with Crippen LogP contribution in [-0.4, -0.2) is 28.0 Å². The molecule has 15 heavy (non-hydrogen) atoms. The van der Waals surface area contributed by atoms with E-state index in [-0.39, 0.29) is 0 Å². The van der Waals surface area contributed by atoms with Crippen LogP contribution in [0.3, 0.4) is 0 Å². The van der Waals surface area contributed by atoms with Crippen LogP contribution < -0.4 is 5.32 Å². The molecule has 0 saturated heterocycles. The highest BCUT2D eigenvalue weighted by atomic mass is 32.2. The normalized spacial score (nSPS) is 15.2. The number of hydrogen-bond acceptors (Lipinski definition) is 5. The number of nitrogens with one attached hydrogen (secondary N) is 1. The summed E-state index contributed by atoms with van der Waals surface area (Å²) < 4.78 is 1.09. The Morgan fingerprint density at radius 1 is 1.40 bits per heavy atom. The number of hydrogen-bond donors (Lipinski definition) is 1. The van der Waals surface area contributed by atoms with E-state index in [0.717, 1.165) is 22.3 Å². The molecule has 0 amide bonds. The molecule has 2 atom stereocenters. The predicted octanol–water partition coefficient (Wildman–Crippen LogP) is 2.72. The fraction of sp³-hybridized carbons (Fsp3) is 0.800. The van der Waals surface area contributed by atoms with Crippen molar-refractivity contribution in [3.63, 3.8) is 0 Å². The molecule has 0 bridgehead atoms. The molecule has 0 aliphatic carbocycles. The summed E-state index contributed by atoms with van der Waals surface area (Å²) in [6.07, 6.45) is 1.16. The minimum atomic E-state index is 0.575. The zero-order chi connectivity index (χ0) is 11.3. The van der Waals surface area contributed by atoms with E-state index in [0.29, 0.717) is 11.3 Å². The molecular formula is C10H19N3S2. The number of aromatic nitrogens is 2. The van der Waals surface area contributed by atoms with Crippen molar-refractivity contribution in [2.45, 2.75) is 49.7 Å². The van der Waals surface area contributed by atoms with Crippen LogP contribution in [0.1, 0.15) is 32.2 Å². The van der Waals surface area contributed by atoms with Crippen molar-refractivity contribution < 1.29 is 0 Å². The standard InChI is InChI=1S/C10H19N3S2/c1-5-11-7(2)6-8(3)14-10-13-12-9(4)15-10/h7-8,11H,5-6H2,1-4H3. The molecule has 2 unspecified atom stereocenters. The Morgan fingerprint density at radius 3 is 2.67 bits per heavy atom. The van der Waals surface area contributed by atoms with Gasteiger partial charge < -0.3 is 5.32 Å². The van der Waals surface area contributed by atoms with E-state index < -0.39 is 0 Å². The largest absolute Gasteiger partial charge is 0.314 e. The Kier molecular flexibility index (Phi) is 5.56. The van der Waals surface area contributed by atoms with Crippen LogP contribution >= 0.6 is 23.1 Å². The van der Waals surface area contributed by atoms with Crippen LogP contribution in [0.15, 0.2) is 4.34 Å². The van der Waals surface area contributed by atoms with E-state index in [2.05, 4.69) is 36.3 Å². The molecule has 5 heteroatoms. The zero-order valence-electron chi connectivity index (χ0n) is 9.78. The molecular weight excluding hydrogens is 226 g/mol. The summed E-state index contributed by atoms with van der Waals surface area (Å²) in [6.45, 7) is 9.65. The molecule has 1 aromatic rings. The summed E-state index contributed by atoms with van der Waals surface area (Å²) in [7, 11) is 0. The molecule has 0 aliphatic rings. The van der Waals surface area contributed by atoms with Gasteiger partial charge in [-0.25, -0.2) is 0 Å². The van der Waals surface area contributed by atoms with Gasteiger partial charge in [-0.3, -0.25) is 0 Å². The van der Waals surface area contributed by atoms with E-state index in [4.69, 9.17) is 0 Å². The average molecular weight is 245 g/mol. The number of rotatable bonds is 6. The highest BCUT2D eigenvalue weighted by Gasteiger charge is 2.11. The number of thioether (sulfide) groups is 1. The predicted molar refractivity (Wildman–Crippen MR) is 67.7 cm³/mol. The van der Waals surface area contributed by atoms with E-state index in [9.17, 15) is 0 Å². The molecule has 0 aliphatic heterocycles. The van der Waals surface area contributed by atoms with Gasteiger partial charge in [0.05, 0.1) is 0 Å². The monoisotopic (exact) mass is 245 g/mol. The Balaban J connectivity index is 2.32. The van der Waals surface area contributed by atoms with E-state index in [1.54, 1.807) is 11.3 Å². The first kappa shape index (κ1) is 12.9. The lowest BCUT2D eigenvalue weighted by Crippen LogP contribution is -2.28. The minimum Gasteiger partial charge on any atom is -0.314 e. The lowest BCUT2D eigenvalue weighted by Gasteiger charge is -2.16. The Hall–Kier alpha value is -0.130. The Bertz CT molecular complexity index is 288. The lowest BCUT2D eigenvalue weighted by molar-refractivity contribution is 0.530. The van der Waals surface area contributed by atoms with Gasteiger partial charge >= 0.3 is 0 Å². The lowest BCUT2D eigenvalue weighted by atomic mass is 10.2. The van der Waals surface area contributed by atoms with Gasteiger partial charge in [0.2, 0.25) is 0 Å². The third-order valence-electron chi connectivity index (χ3n) is 2.05. The third kappa shape index (κ3) is 4.95. The maximum atomic E-state index is 4.12. The van der Waals surface area contributed by atoms with Crippen LogP contribution in [-0.2, 0) is 0 Å². The van der Waals surface area contributed by atoms with Gasteiger partial charge in [-0.1, -0.05) is 36.9 Å². The first-order valence-corrected chi connectivity index (χ1v) is 7.01. The second-order valence-electron chi connectivity index (χ2n) is 3.71. The molecule has 1 heterocycles. The van der Waals surface area contributed by atoms with Gasteiger partial charge in [0, 0.05) is 11.3 Å². The highest BCUT2D eigenvalue weighted by molar-refractivity contribution is 8.01. The maximum absolute atomic E-state index is 4.12. The van der Waals surface area contributed by atoms with Crippen LogP contribution in [0.25, 0.3) is 0 Å². The Labute approximate surface area is 100 Å². The maximum Gasteiger partial charge on any atom is 0.174 e. The van der Waals surface area contributed by atoms with Crippen molar-refractivity contribution in [3.8, 4) is 0 Å². The quantitative estimate of drug-likeness (QED) is 0.782. The number of aryl methyl sites for hydroxylation is 1. The molecule has 3 nitrogen and oxygen atoms in total. The molecule has 1 aromatic heterocycles. The van der Waals surface area contributed by atoms with Crippen LogP contribution in [0.4, 0.5) is 0 Å². The molecule has 86 valence electrons. The van der Waals surface area contributed by atoms with Crippen LogP contribution in [0.2, 0.25) is 0 Å². The highest BCUT2D eigenvalue weighted by Crippen LogP contribution is 2.28. The van der Waals surface area contributed by atoms with Crippen molar-refractivity contribution in [2.75, 3.05) is 6.54 Å². The second kappa shape index (κ2) is 6.45. The minimum absolute atomic E-state index is 0.575. The summed E-state index contributed by atoms with van der Waals surface area (Å²) in [5, 5.41) is 13.2. The zero-order valence-corrected chi connectivity index (χ0v) is 11.4. The summed E-state index contributed by atoms with van der Waals surface area (Å²) >= 11 is 3.50. The fourth-order valence-corrected chi connectivity index (χ4v) is 3.76. The van der Waals surface area contributed by atoms with Crippen LogP contribution in [0, 0.1) is 6.92 Å². The summed E-state index contributed by atoms with van der Waals surface area (Å²) in [4.78, 5) is 0. The Morgan fingerprint density at radius 2 is 2.13 bits per heavy atom. The van der Waals surface area contributed by atoms with Crippen molar-refractivity contribution in [2.24, 2.45) is 0 Å². The molecule has 0 fully saturated rings. The molecule has 0 saturated carbocycles. The van der Waals surface area contributed by atoms with Gasteiger partial charge in [-0.15, -0.1) is 10.2 Å². The summed E-state index contributed by atoms with van der Waals surface area (Å²) in [6, 6.07) is 0.575. The topological polar surface area (TPSA) is 37.8 Å². The SMILES string of the molecule is CCNC(C)CC(C)Sc1nnc(C)s1. The van der Waals surface area contributed by atoms with Crippen molar-refractivity contribution in [1.29, 1.82) is 0 Å². The fourth-order valence-electron chi connectivity index (χ4n) is 1.48. The van der Waals surface area contributed by atoms with Gasteiger partial charge in [0.1, 0.15) is 5.01 Å². The van der Waals surface area contributed by atoms with E-state index in [1.807, 2.05) is 18.7 Å². The van der Waals surface area contributed by atoms with Crippen molar-refractivity contribution in [3.05, 3.63) is 5.01 Å². The molecule has 0 radical (unpaired) electrons. The number of nitrogens with zero attached hydrogens (tertiary/aromatic N) is 2. The molecule has 1 rings (SSSR count). The first-order chi connectivity index (χ1) is 7.11. The van der Waals surface area contributed by atoms with Crippen molar-refractivity contribution in [1.82, 2.24) is 15.5 Å². The average Bonchev–Trinajstić information content (AvgIpc) is 2.51. The van der Waals surface area contributed by atoms with Gasteiger partial charge in [-0.2, -0.15) is 0 Å². The first-order valence-electron chi connectivity index (χ1n) is 5.32. The second-order valence-corrected chi connectivity index (χ2v) is 6.58. The van der Waals surface area contributed by atoms with Gasteiger partial charge in [-0.05, 0) is 26.8 Å².